The fourth-order valence-corrected chi connectivity index (χ4v) is 5.14. The molecule has 3 aromatic carbocycles. The third kappa shape index (κ3) is 6.71. The zero-order valence-corrected chi connectivity index (χ0v) is 24.3. The molecule has 42 heavy (non-hydrogen) atoms. The van der Waals surface area contributed by atoms with Crippen molar-refractivity contribution in [2.45, 2.75) is 65.2 Å². The van der Waals surface area contributed by atoms with Crippen molar-refractivity contribution in [3.8, 4) is 23.6 Å². The molecule has 0 N–H and O–H groups in total. The maximum absolute atomic E-state index is 9.36. The first-order chi connectivity index (χ1) is 20.6. The van der Waals surface area contributed by atoms with Crippen molar-refractivity contribution in [1.82, 2.24) is 0 Å². The van der Waals surface area contributed by atoms with Crippen LogP contribution in [0.2, 0.25) is 0 Å². The minimum absolute atomic E-state index is 0.510. The summed E-state index contributed by atoms with van der Waals surface area (Å²) in [5.74, 6) is 1.37. The number of rotatable bonds is 14. The zero-order valence-electron chi connectivity index (χ0n) is 24.3. The van der Waals surface area contributed by atoms with E-state index in [0.29, 0.717) is 46.6 Å². The molecule has 2 aliphatic heterocycles. The Labute approximate surface area is 247 Å². The minimum atomic E-state index is -0.510. The lowest BCUT2D eigenvalue weighted by Gasteiger charge is -2.18. The van der Waals surface area contributed by atoms with Gasteiger partial charge in [0, 0.05) is 10.9 Å². The monoisotopic (exact) mass is 556 g/mol. The van der Waals surface area contributed by atoms with Crippen molar-refractivity contribution in [2.24, 2.45) is 19.6 Å². The first-order valence-electron chi connectivity index (χ1n) is 15.0. The Bertz CT molecular complexity index is 1650. The molecule has 5 rings (SSSR count). The van der Waals surface area contributed by atoms with Crippen LogP contribution in [0.3, 0.4) is 0 Å². The molecule has 0 atom stereocenters. The van der Waals surface area contributed by atoms with E-state index in [1.54, 1.807) is 24.3 Å². The van der Waals surface area contributed by atoms with Gasteiger partial charge in [0.25, 0.3) is 0 Å². The number of hydrogen-bond acceptors (Lipinski definition) is 8. The van der Waals surface area contributed by atoms with Crippen LogP contribution >= 0.6 is 0 Å². The van der Waals surface area contributed by atoms with Crippen molar-refractivity contribution in [3.63, 3.8) is 0 Å². The lowest BCUT2D eigenvalue weighted by Crippen LogP contribution is -2.35. The predicted molar refractivity (Wildman–Crippen MR) is 163 cm³/mol. The molecule has 0 bridgehead atoms. The Morgan fingerprint density at radius 2 is 1.00 bits per heavy atom. The molecule has 0 unspecified atom stereocenters. The van der Waals surface area contributed by atoms with Gasteiger partial charge in [0.15, 0.2) is 0 Å². The van der Waals surface area contributed by atoms with Gasteiger partial charge in [-0.3, -0.25) is 0 Å². The summed E-state index contributed by atoms with van der Waals surface area (Å²) < 4.78 is 12.8. The van der Waals surface area contributed by atoms with E-state index in [0.717, 1.165) is 60.2 Å². The molecule has 8 nitrogen and oxygen atoms in total. The third-order valence-corrected chi connectivity index (χ3v) is 7.46. The zero-order chi connectivity index (χ0) is 29.3. The fourth-order valence-electron chi connectivity index (χ4n) is 5.14. The summed E-state index contributed by atoms with van der Waals surface area (Å²) >= 11 is 0. The van der Waals surface area contributed by atoms with Crippen molar-refractivity contribution >= 4 is 24.9 Å². The van der Waals surface area contributed by atoms with Crippen LogP contribution in [-0.4, -0.2) is 27.2 Å². The number of fused-ring (bicyclic) bond motifs is 2. The Morgan fingerprint density at radius 3 is 1.40 bits per heavy atom. The molecular weight excluding hydrogens is 522 g/mol. The summed E-state index contributed by atoms with van der Waals surface area (Å²) in [5.41, 5.74) is 2.73. The average molecular weight is 556 g/mol. The van der Waals surface area contributed by atoms with Crippen molar-refractivity contribution < 1.29 is 9.47 Å². The van der Waals surface area contributed by atoms with E-state index in [1.807, 2.05) is 24.3 Å². The maximum atomic E-state index is 9.36. The molecule has 0 saturated carbocycles. The highest BCUT2D eigenvalue weighted by molar-refractivity contribution is 6.73. The first kappa shape index (κ1) is 29.1. The largest absolute Gasteiger partial charge is 0.494 e. The van der Waals surface area contributed by atoms with Crippen LogP contribution in [0.4, 0.5) is 0 Å². The standard InChI is InChI=1S/C32H34B2N6O2/c1-3-5-7-9-15-41-31-19-26(34-38-28-14-12-24(22-36)18-30(28)40-34)32(42-16-10-8-6-4-2)20-25(31)33-37-27-13-11-23(21-35)17-29(27)39-33/h11-14,17-20H,3-10,15-16H2,1-2H3. The molecule has 0 spiro atoms. The van der Waals surface area contributed by atoms with Gasteiger partial charge in [-0.2, -0.15) is 10.5 Å². The van der Waals surface area contributed by atoms with E-state index >= 15 is 0 Å². The van der Waals surface area contributed by atoms with Gasteiger partial charge in [0.1, 0.15) is 11.5 Å². The van der Waals surface area contributed by atoms with E-state index in [9.17, 15) is 10.5 Å². The van der Waals surface area contributed by atoms with Gasteiger partial charge in [-0.15, -0.1) is 0 Å². The van der Waals surface area contributed by atoms with Crippen molar-refractivity contribution in [1.29, 1.82) is 10.5 Å². The van der Waals surface area contributed by atoms with Crippen LogP contribution in [0.1, 0.15) is 76.3 Å². The van der Waals surface area contributed by atoms with Gasteiger partial charge in [-0.1, -0.05) is 52.4 Å². The van der Waals surface area contributed by atoms with E-state index < -0.39 is 14.0 Å². The third-order valence-electron chi connectivity index (χ3n) is 7.46. The number of hydrogen-bond donors (Lipinski definition) is 0. The predicted octanol–water partition coefficient (Wildman–Crippen LogP) is 2.64. The summed E-state index contributed by atoms with van der Waals surface area (Å²) in [6.07, 6.45) is 8.73. The van der Waals surface area contributed by atoms with Crippen LogP contribution in [0, 0.1) is 22.7 Å². The number of unbranched alkanes of at least 4 members (excludes halogenated alkanes) is 6. The van der Waals surface area contributed by atoms with Crippen LogP contribution in [-0.2, 0) is 0 Å². The molecule has 210 valence electrons. The van der Waals surface area contributed by atoms with Crippen LogP contribution < -0.4 is 41.8 Å². The van der Waals surface area contributed by atoms with Crippen LogP contribution in [0.5, 0.6) is 11.5 Å². The Morgan fingerprint density at radius 1 is 0.571 bits per heavy atom. The van der Waals surface area contributed by atoms with E-state index in [-0.39, 0.29) is 0 Å². The molecule has 0 aliphatic carbocycles. The summed E-state index contributed by atoms with van der Waals surface area (Å²) in [4.78, 5) is 19.5. The minimum Gasteiger partial charge on any atom is -0.494 e. The topological polar surface area (TPSA) is 115 Å². The Kier molecular flexibility index (Phi) is 9.66. The van der Waals surface area contributed by atoms with Gasteiger partial charge in [0.2, 0.25) is 0 Å². The SMILES string of the molecule is CCCCCCOc1cc(B2N=c3ccc(C#N)cc3=N2)c(OCCCCCC)cc1B1N=c2ccc(C#N)cc2=N1. The van der Waals surface area contributed by atoms with Crippen LogP contribution in [0.15, 0.2) is 68.1 Å². The van der Waals surface area contributed by atoms with Gasteiger partial charge in [-0.25, -0.2) is 0 Å². The summed E-state index contributed by atoms with van der Waals surface area (Å²) in [6.45, 7) is 4.51. The molecule has 0 fully saturated rings. The highest BCUT2D eigenvalue weighted by atomic mass is 16.5. The van der Waals surface area contributed by atoms with E-state index in [1.165, 1.54) is 12.8 Å². The molecule has 0 saturated heterocycles. The number of benzene rings is 3. The van der Waals surface area contributed by atoms with Crippen molar-refractivity contribution in [2.75, 3.05) is 13.2 Å². The lowest BCUT2D eigenvalue weighted by molar-refractivity contribution is 0.300. The van der Waals surface area contributed by atoms with Crippen LogP contribution in [0.25, 0.3) is 0 Å². The summed E-state index contributed by atoms with van der Waals surface area (Å²) in [7, 11) is 0. The summed E-state index contributed by atoms with van der Waals surface area (Å²) in [6, 6.07) is 19.1. The number of nitriles is 2. The molecule has 10 heteroatoms. The van der Waals surface area contributed by atoms with Gasteiger partial charge < -0.3 is 29.1 Å². The molecule has 3 aromatic rings. The molecule has 2 aliphatic rings. The van der Waals surface area contributed by atoms with E-state index in [2.05, 4.69) is 26.0 Å². The highest BCUT2D eigenvalue weighted by Gasteiger charge is 2.31. The fraction of sp³-hybridized carbons (Fsp3) is 0.375. The molecule has 0 aromatic heterocycles. The highest BCUT2D eigenvalue weighted by Crippen LogP contribution is 2.19. The quantitative estimate of drug-likeness (QED) is 0.224. The lowest BCUT2D eigenvalue weighted by atomic mass is 9.65. The molecule has 0 radical (unpaired) electrons. The Balaban J connectivity index is 1.55. The summed E-state index contributed by atoms with van der Waals surface area (Å²) in [5, 5.41) is 21.6. The second-order valence-corrected chi connectivity index (χ2v) is 10.6. The second kappa shape index (κ2) is 14.0. The van der Waals surface area contributed by atoms with Gasteiger partial charge >= 0.3 is 14.0 Å². The Hall–Kier alpha value is -4.43. The number of nitrogens with zero attached hydrogens (tertiary/aromatic N) is 6. The van der Waals surface area contributed by atoms with Gasteiger partial charge in [-0.05, 0) is 61.4 Å². The van der Waals surface area contributed by atoms with E-state index in [4.69, 9.17) is 29.1 Å². The maximum Gasteiger partial charge on any atom is 0.453 e. The van der Waals surface area contributed by atoms with Crippen molar-refractivity contribution in [3.05, 3.63) is 81.1 Å². The molecule has 0 amide bonds. The second-order valence-electron chi connectivity index (χ2n) is 10.6. The molecule has 2 heterocycles. The first-order valence-corrected chi connectivity index (χ1v) is 15.0. The normalized spacial score (nSPS) is 12.7. The smallest absolute Gasteiger partial charge is 0.453 e. The average Bonchev–Trinajstić information content (AvgIpc) is 3.64. The van der Waals surface area contributed by atoms with Gasteiger partial charge in [0.05, 0.1) is 57.9 Å². The molecular formula is C32H34B2N6O2. The number of ether oxygens (including phenoxy) is 2.